The molecule has 2 nitrogen and oxygen atoms in total. The van der Waals surface area contributed by atoms with Crippen molar-refractivity contribution in [2.45, 2.75) is 20.0 Å². The zero-order valence-corrected chi connectivity index (χ0v) is 9.76. The summed E-state index contributed by atoms with van der Waals surface area (Å²) in [6, 6.07) is 1.83. The molecule has 1 heterocycles. The highest BCUT2D eigenvalue weighted by atomic mass is 127. The van der Waals surface area contributed by atoms with E-state index < -0.39 is 0 Å². The van der Waals surface area contributed by atoms with Gasteiger partial charge in [-0.15, -0.1) is 0 Å². The van der Waals surface area contributed by atoms with Gasteiger partial charge in [-0.1, -0.05) is 11.6 Å². The van der Waals surface area contributed by atoms with Crippen LogP contribution in [0.2, 0.25) is 5.02 Å². The summed E-state index contributed by atoms with van der Waals surface area (Å²) in [5.74, 6) is 0.648. The smallest absolute Gasteiger partial charge is 0.227 e. The lowest BCUT2D eigenvalue weighted by atomic mass is 10.4. The first-order chi connectivity index (χ1) is 5.59. The molecule has 0 bridgehead atoms. The van der Waals surface area contributed by atoms with Crippen molar-refractivity contribution in [1.29, 1.82) is 0 Å². The number of aromatic nitrogens is 1. The zero-order chi connectivity index (χ0) is 9.14. The second kappa shape index (κ2) is 4.28. The number of rotatable bonds is 2. The fourth-order valence-corrected chi connectivity index (χ4v) is 1.66. The molecule has 0 aliphatic rings. The normalized spacial score (nSPS) is 10.4. The number of pyridine rings is 1. The predicted molar refractivity (Wildman–Crippen MR) is 57.7 cm³/mol. The van der Waals surface area contributed by atoms with Crippen LogP contribution in [0.15, 0.2) is 12.3 Å². The van der Waals surface area contributed by atoms with Crippen LogP contribution in [-0.2, 0) is 0 Å². The van der Waals surface area contributed by atoms with Crippen LogP contribution in [-0.4, -0.2) is 11.1 Å². The van der Waals surface area contributed by atoms with Crippen LogP contribution in [0.25, 0.3) is 0 Å². The maximum absolute atomic E-state index is 5.73. The van der Waals surface area contributed by atoms with E-state index in [2.05, 4.69) is 27.6 Å². The summed E-state index contributed by atoms with van der Waals surface area (Å²) in [4.78, 5) is 4.06. The van der Waals surface area contributed by atoms with E-state index in [1.807, 2.05) is 19.9 Å². The van der Waals surface area contributed by atoms with E-state index >= 15 is 0 Å². The molecule has 0 saturated heterocycles. The van der Waals surface area contributed by atoms with Gasteiger partial charge in [-0.05, 0) is 42.5 Å². The van der Waals surface area contributed by atoms with Crippen LogP contribution in [0.1, 0.15) is 13.8 Å². The van der Waals surface area contributed by atoms with Crippen molar-refractivity contribution in [3.63, 3.8) is 0 Å². The fourth-order valence-electron chi connectivity index (χ4n) is 0.712. The Morgan fingerprint density at radius 3 is 2.75 bits per heavy atom. The molecular weight excluding hydrogens is 288 g/mol. The van der Waals surface area contributed by atoms with E-state index in [4.69, 9.17) is 16.3 Å². The quantitative estimate of drug-likeness (QED) is 0.783. The Bertz CT molecular complexity index is 278. The van der Waals surface area contributed by atoms with Gasteiger partial charge in [0.05, 0.1) is 14.7 Å². The van der Waals surface area contributed by atoms with Crippen LogP contribution >= 0.6 is 34.2 Å². The highest BCUT2D eigenvalue weighted by molar-refractivity contribution is 14.1. The first-order valence-corrected chi connectivity index (χ1v) is 5.03. The minimum Gasteiger partial charge on any atom is -0.474 e. The van der Waals surface area contributed by atoms with Crippen molar-refractivity contribution in [3.8, 4) is 5.88 Å². The van der Waals surface area contributed by atoms with Gasteiger partial charge in [0.25, 0.3) is 0 Å². The van der Waals surface area contributed by atoms with Crippen LogP contribution < -0.4 is 4.74 Å². The Morgan fingerprint density at radius 1 is 1.58 bits per heavy atom. The van der Waals surface area contributed by atoms with Crippen LogP contribution in [0, 0.1) is 3.57 Å². The van der Waals surface area contributed by atoms with Crippen molar-refractivity contribution in [1.82, 2.24) is 4.98 Å². The lowest BCUT2D eigenvalue weighted by molar-refractivity contribution is 0.230. The molecule has 4 heteroatoms. The Kier molecular flexibility index (Phi) is 3.58. The van der Waals surface area contributed by atoms with Gasteiger partial charge in [0.1, 0.15) is 0 Å². The Hall–Kier alpha value is -0.0300. The number of hydrogen-bond donors (Lipinski definition) is 0. The van der Waals surface area contributed by atoms with Crippen molar-refractivity contribution < 1.29 is 4.74 Å². The standard InChI is InChI=1S/C8H9ClINO/c1-5(2)12-8-7(10)3-6(9)4-11-8/h3-5H,1-2H3. The van der Waals surface area contributed by atoms with E-state index in [1.165, 1.54) is 0 Å². The number of ether oxygens (including phenoxy) is 1. The molecule has 0 amide bonds. The summed E-state index contributed by atoms with van der Waals surface area (Å²) in [6.07, 6.45) is 1.73. The molecule has 1 rings (SSSR count). The largest absolute Gasteiger partial charge is 0.474 e. The van der Waals surface area contributed by atoms with E-state index in [-0.39, 0.29) is 6.10 Å². The van der Waals surface area contributed by atoms with Gasteiger partial charge in [0, 0.05) is 6.20 Å². The molecule has 0 aliphatic carbocycles. The SMILES string of the molecule is CC(C)Oc1ncc(Cl)cc1I. The predicted octanol–water partition coefficient (Wildman–Crippen LogP) is 3.13. The minimum atomic E-state index is 0.146. The lowest BCUT2D eigenvalue weighted by Crippen LogP contribution is -2.07. The molecule has 12 heavy (non-hydrogen) atoms. The summed E-state index contributed by atoms with van der Waals surface area (Å²) in [5.41, 5.74) is 0. The summed E-state index contributed by atoms with van der Waals surface area (Å²) in [7, 11) is 0. The van der Waals surface area contributed by atoms with Gasteiger partial charge in [0.2, 0.25) is 5.88 Å². The van der Waals surface area contributed by atoms with Gasteiger partial charge in [-0.3, -0.25) is 0 Å². The van der Waals surface area contributed by atoms with E-state index in [1.54, 1.807) is 6.20 Å². The number of nitrogens with zero attached hydrogens (tertiary/aromatic N) is 1. The molecule has 0 radical (unpaired) electrons. The highest BCUT2D eigenvalue weighted by Gasteiger charge is 2.04. The molecule has 0 atom stereocenters. The Balaban J connectivity index is 2.86. The maximum atomic E-state index is 5.73. The van der Waals surface area contributed by atoms with Gasteiger partial charge >= 0.3 is 0 Å². The van der Waals surface area contributed by atoms with Gasteiger partial charge in [-0.2, -0.15) is 0 Å². The van der Waals surface area contributed by atoms with Gasteiger partial charge in [0.15, 0.2) is 0 Å². The molecule has 0 saturated carbocycles. The lowest BCUT2D eigenvalue weighted by Gasteiger charge is -2.09. The molecular formula is C8H9ClINO. The third-order valence-corrected chi connectivity index (χ3v) is 2.10. The second-order valence-electron chi connectivity index (χ2n) is 2.61. The van der Waals surface area contributed by atoms with Crippen LogP contribution in [0.5, 0.6) is 5.88 Å². The third-order valence-electron chi connectivity index (χ3n) is 1.12. The minimum absolute atomic E-state index is 0.146. The molecule has 0 N–H and O–H groups in total. The first kappa shape index (κ1) is 10.1. The zero-order valence-electron chi connectivity index (χ0n) is 6.84. The summed E-state index contributed by atoms with van der Waals surface area (Å²) in [5, 5.41) is 0.635. The number of halogens is 2. The fraction of sp³-hybridized carbons (Fsp3) is 0.375. The van der Waals surface area contributed by atoms with Crippen LogP contribution in [0.4, 0.5) is 0 Å². The molecule has 0 aromatic carbocycles. The monoisotopic (exact) mass is 297 g/mol. The molecule has 0 fully saturated rings. The summed E-state index contributed by atoms with van der Waals surface area (Å²) >= 11 is 7.88. The molecule has 0 unspecified atom stereocenters. The number of hydrogen-bond acceptors (Lipinski definition) is 2. The van der Waals surface area contributed by atoms with E-state index in [9.17, 15) is 0 Å². The molecule has 0 spiro atoms. The second-order valence-corrected chi connectivity index (χ2v) is 4.21. The summed E-state index contributed by atoms with van der Waals surface area (Å²) in [6.45, 7) is 3.93. The van der Waals surface area contributed by atoms with Crippen molar-refractivity contribution in [2.75, 3.05) is 0 Å². The topological polar surface area (TPSA) is 22.1 Å². The average Bonchev–Trinajstić information content (AvgIpc) is 1.94. The van der Waals surface area contributed by atoms with Gasteiger partial charge in [-0.25, -0.2) is 4.98 Å². The molecule has 66 valence electrons. The molecule has 1 aromatic heterocycles. The Morgan fingerprint density at radius 2 is 2.25 bits per heavy atom. The molecule has 0 aliphatic heterocycles. The van der Waals surface area contributed by atoms with Crippen LogP contribution in [0.3, 0.4) is 0 Å². The third kappa shape index (κ3) is 2.79. The Labute approximate surface area is 90.4 Å². The van der Waals surface area contributed by atoms with E-state index in [0.29, 0.717) is 10.9 Å². The van der Waals surface area contributed by atoms with Crippen molar-refractivity contribution in [2.24, 2.45) is 0 Å². The van der Waals surface area contributed by atoms with E-state index in [0.717, 1.165) is 3.57 Å². The average molecular weight is 298 g/mol. The maximum Gasteiger partial charge on any atom is 0.227 e. The summed E-state index contributed by atoms with van der Waals surface area (Å²) < 4.78 is 6.36. The van der Waals surface area contributed by atoms with Gasteiger partial charge < -0.3 is 4.74 Å². The molecule has 1 aromatic rings. The van der Waals surface area contributed by atoms with Crippen molar-refractivity contribution in [3.05, 3.63) is 20.9 Å². The van der Waals surface area contributed by atoms with Crippen molar-refractivity contribution >= 4 is 34.2 Å². The highest BCUT2D eigenvalue weighted by Crippen LogP contribution is 2.21. The first-order valence-electron chi connectivity index (χ1n) is 3.57.